The van der Waals surface area contributed by atoms with Gasteiger partial charge in [0.15, 0.2) is 0 Å². The Balaban J connectivity index is 2.36. The zero-order chi connectivity index (χ0) is 14.7. The number of rotatable bonds is 4. The highest BCUT2D eigenvalue weighted by molar-refractivity contribution is 7.99. The Morgan fingerprint density at radius 3 is 2.50 bits per heavy atom. The summed E-state index contributed by atoms with van der Waals surface area (Å²) in [5.41, 5.74) is 6.58. The second kappa shape index (κ2) is 6.81. The molecule has 1 nitrogen and oxygen atoms in total. The number of hydrogen-bond acceptors (Lipinski definition) is 2. The molecule has 0 fully saturated rings. The predicted molar refractivity (Wildman–Crippen MR) is 85.1 cm³/mol. The summed E-state index contributed by atoms with van der Waals surface area (Å²) in [5.74, 6) is -0.263. The van der Waals surface area contributed by atoms with E-state index in [2.05, 4.69) is 0 Å². The molecule has 0 radical (unpaired) electrons. The Morgan fingerprint density at radius 1 is 1.15 bits per heavy atom. The first-order valence-electron chi connectivity index (χ1n) is 6.10. The van der Waals surface area contributed by atoms with Gasteiger partial charge in [-0.25, -0.2) is 4.39 Å². The highest BCUT2D eigenvalue weighted by Crippen LogP contribution is 2.41. The minimum atomic E-state index is -0.263. The zero-order valence-electron chi connectivity index (χ0n) is 10.8. The van der Waals surface area contributed by atoms with Gasteiger partial charge in [-0.1, -0.05) is 41.4 Å². The summed E-state index contributed by atoms with van der Waals surface area (Å²) in [6.07, 6.45) is 0. The van der Waals surface area contributed by atoms with Crippen LogP contribution in [0.5, 0.6) is 0 Å². The molecule has 2 unspecified atom stereocenters. The van der Waals surface area contributed by atoms with Crippen molar-refractivity contribution in [1.82, 2.24) is 0 Å². The molecule has 0 aliphatic rings. The maximum atomic E-state index is 14.0. The van der Waals surface area contributed by atoms with E-state index in [1.807, 2.05) is 6.92 Å². The molecule has 0 amide bonds. The molecule has 0 heterocycles. The van der Waals surface area contributed by atoms with Crippen LogP contribution in [0.1, 0.15) is 17.7 Å². The summed E-state index contributed by atoms with van der Waals surface area (Å²) in [6.45, 7) is 1.85. The van der Waals surface area contributed by atoms with Crippen molar-refractivity contribution in [3.8, 4) is 0 Å². The lowest BCUT2D eigenvalue weighted by Gasteiger charge is -2.22. The van der Waals surface area contributed by atoms with Crippen LogP contribution in [-0.4, -0.2) is 6.04 Å². The SMILES string of the molecule is CC(N)C(Sc1cc(Cl)ccc1Cl)c1ccccc1F. The number of thioether (sulfide) groups is 1. The van der Waals surface area contributed by atoms with Gasteiger partial charge < -0.3 is 5.73 Å². The normalized spacial score (nSPS) is 14.1. The van der Waals surface area contributed by atoms with Crippen LogP contribution in [0.25, 0.3) is 0 Å². The van der Waals surface area contributed by atoms with E-state index >= 15 is 0 Å². The van der Waals surface area contributed by atoms with E-state index in [1.54, 1.807) is 36.4 Å². The monoisotopic (exact) mass is 329 g/mol. The second-order valence-corrected chi connectivity index (χ2v) is 6.52. The van der Waals surface area contributed by atoms with Gasteiger partial charge in [0.05, 0.1) is 10.3 Å². The van der Waals surface area contributed by atoms with E-state index in [4.69, 9.17) is 28.9 Å². The Kier molecular flexibility index (Phi) is 5.33. The fourth-order valence-corrected chi connectivity index (χ4v) is 3.53. The molecule has 0 aliphatic carbocycles. The lowest BCUT2D eigenvalue weighted by molar-refractivity contribution is 0.592. The van der Waals surface area contributed by atoms with E-state index in [1.165, 1.54) is 17.8 Å². The minimum Gasteiger partial charge on any atom is -0.327 e. The third kappa shape index (κ3) is 3.67. The van der Waals surface area contributed by atoms with E-state index < -0.39 is 0 Å². The molecule has 5 heteroatoms. The topological polar surface area (TPSA) is 26.0 Å². The van der Waals surface area contributed by atoms with Crippen molar-refractivity contribution >= 4 is 35.0 Å². The third-order valence-electron chi connectivity index (χ3n) is 2.84. The summed E-state index contributed by atoms with van der Waals surface area (Å²) < 4.78 is 14.0. The van der Waals surface area contributed by atoms with Crippen LogP contribution in [0.15, 0.2) is 47.4 Å². The van der Waals surface area contributed by atoms with E-state index in [-0.39, 0.29) is 17.1 Å². The highest BCUT2D eigenvalue weighted by atomic mass is 35.5. The van der Waals surface area contributed by atoms with E-state index in [0.29, 0.717) is 15.6 Å². The number of hydrogen-bond donors (Lipinski definition) is 1. The Labute approximate surface area is 132 Å². The van der Waals surface area contributed by atoms with E-state index in [9.17, 15) is 4.39 Å². The number of halogens is 3. The van der Waals surface area contributed by atoms with Crippen LogP contribution in [0, 0.1) is 5.82 Å². The van der Waals surface area contributed by atoms with Crippen molar-refractivity contribution in [1.29, 1.82) is 0 Å². The number of nitrogens with two attached hydrogens (primary N) is 1. The van der Waals surface area contributed by atoms with Crippen LogP contribution < -0.4 is 5.73 Å². The predicted octanol–water partition coefficient (Wildman–Crippen LogP) is 5.31. The van der Waals surface area contributed by atoms with Crippen LogP contribution in [0.4, 0.5) is 4.39 Å². The van der Waals surface area contributed by atoms with E-state index in [0.717, 1.165) is 4.90 Å². The smallest absolute Gasteiger partial charge is 0.127 e. The summed E-state index contributed by atoms with van der Waals surface area (Å²) in [4.78, 5) is 0.796. The van der Waals surface area contributed by atoms with Gasteiger partial charge in [0.25, 0.3) is 0 Å². The van der Waals surface area contributed by atoms with Crippen molar-refractivity contribution in [2.45, 2.75) is 23.1 Å². The molecule has 0 spiro atoms. The Bertz CT molecular complexity index is 604. The van der Waals surface area contributed by atoms with Crippen LogP contribution >= 0.6 is 35.0 Å². The molecular weight excluding hydrogens is 316 g/mol. The van der Waals surface area contributed by atoms with Gasteiger partial charge in [-0.05, 0) is 31.2 Å². The molecule has 2 aromatic carbocycles. The molecule has 2 aromatic rings. The quantitative estimate of drug-likeness (QED) is 0.769. The van der Waals surface area contributed by atoms with Crippen molar-refractivity contribution in [2.75, 3.05) is 0 Å². The summed E-state index contributed by atoms with van der Waals surface area (Å²) in [7, 11) is 0. The molecule has 0 aromatic heterocycles. The average molecular weight is 330 g/mol. The summed E-state index contributed by atoms with van der Waals surface area (Å²) >= 11 is 13.6. The lowest BCUT2D eigenvalue weighted by atomic mass is 10.1. The fourth-order valence-electron chi connectivity index (χ4n) is 1.86. The number of benzene rings is 2. The van der Waals surface area contributed by atoms with Gasteiger partial charge in [0.2, 0.25) is 0 Å². The van der Waals surface area contributed by atoms with Crippen LogP contribution in [0.3, 0.4) is 0 Å². The average Bonchev–Trinajstić information content (AvgIpc) is 2.40. The van der Waals surface area contributed by atoms with Crippen molar-refractivity contribution in [3.63, 3.8) is 0 Å². The minimum absolute atomic E-state index is 0.229. The first kappa shape index (κ1) is 15.6. The van der Waals surface area contributed by atoms with Gasteiger partial charge in [0.1, 0.15) is 5.82 Å². The first-order chi connectivity index (χ1) is 9.49. The molecule has 2 N–H and O–H groups in total. The summed E-state index contributed by atoms with van der Waals surface area (Å²) in [6, 6.07) is 11.6. The molecule has 2 atom stereocenters. The maximum Gasteiger partial charge on any atom is 0.127 e. The van der Waals surface area contributed by atoms with Crippen LogP contribution in [0.2, 0.25) is 10.0 Å². The fraction of sp³-hybridized carbons (Fsp3) is 0.200. The molecule has 0 saturated carbocycles. The Morgan fingerprint density at radius 2 is 1.85 bits per heavy atom. The molecular formula is C15H14Cl2FNS. The van der Waals surface area contributed by atoms with Gasteiger partial charge in [-0.3, -0.25) is 0 Å². The van der Waals surface area contributed by atoms with Crippen molar-refractivity contribution in [2.24, 2.45) is 5.73 Å². The highest BCUT2D eigenvalue weighted by Gasteiger charge is 2.22. The standard InChI is InChI=1S/C15H14Cl2FNS/c1-9(19)15(11-4-2-3-5-13(11)18)20-14-8-10(16)6-7-12(14)17/h2-9,15H,19H2,1H3. The maximum absolute atomic E-state index is 14.0. The molecule has 0 aliphatic heterocycles. The zero-order valence-corrected chi connectivity index (χ0v) is 13.1. The van der Waals surface area contributed by atoms with Crippen LogP contribution in [-0.2, 0) is 0 Å². The largest absolute Gasteiger partial charge is 0.327 e. The van der Waals surface area contributed by atoms with Gasteiger partial charge in [0, 0.05) is 21.5 Å². The molecule has 0 bridgehead atoms. The molecule has 2 rings (SSSR count). The molecule has 0 saturated heterocycles. The first-order valence-corrected chi connectivity index (χ1v) is 7.74. The van der Waals surface area contributed by atoms with Gasteiger partial charge in [-0.2, -0.15) is 0 Å². The molecule has 106 valence electrons. The Hall–Kier alpha value is -0.740. The van der Waals surface area contributed by atoms with Gasteiger partial charge in [-0.15, -0.1) is 11.8 Å². The lowest BCUT2D eigenvalue weighted by Crippen LogP contribution is -2.23. The third-order valence-corrected chi connectivity index (χ3v) is 5.04. The summed E-state index contributed by atoms with van der Waals surface area (Å²) in [5, 5.41) is 0.947. The van der Waals surface area contributed by atoms with Crippen molar-refractivity contribution < 1.29 is 4.39 Å². The van der Waals surface area contributed by atoms with Gasteiger partial charge >= 0.3 is 0 Å². The second-order valence-electron chi connectivity index (χ2n) is 4.49. The molecule has 20 heavy (non-hydrogen) atoms. The van der Waals surface area contributed by atoms with Crippen molar-refractivity contribution in [3.05, 3.63) is 63.9 Å².